The second-order valence-electron chi connectivity index (χ2n) is 5.99. The largest absolute Gasteiger partial charge is 0.313 e. The Morgan fingerprint density at radius 3 is 2.47 bits per heavy atom. The predicted molar refractivity (Wildman–Crippen MR) is 74.3 cm³/mol. The number of rotatable bonds is 5. The summed E-state index contributed by atoms with van der Waals surface area (Å²) in [6.45, 7) is 7.49. The predicted octanol–water partition coefficient (Wildman–Crippen LogP) is 3.03. The summed E-state index contributed by atoms with van der Waals surface area (Å²) < 4.78 is 0. The summed E-state index contributed by atoms with van der Waals surface area (Å²) in [5.41, 5.74) is 0. The molecule has 0 spiro atoms. The molecule has 2 heteroatoms. The van der Waals surface area contributed by atoms with E-state index in [4.69, 9.17) is 0 Å². The van der Waals surface area contributed by atoms with Crippen LogP contribution >= 0.6 is 0 Å². The third kappa shape index (κ3) is 4.59. The van der Waals surface area contributed by atoms with Crippen LogP contribution in [0.4, 0.5) is 0 Å². The highest BCUT2D eigenvalue weighted by atomic mass is 15.1. The van der Waals surface area contributed by atoms with Crippen molar-refractivity contribution in [1.29, 1.82) is 0 Å². The molecule has 0 radical (unpaired) electrons. The van der Waals surface area contributed by atoms with Gasteiger partial charge < -0.3 is 10.2 Å². The van der Waals surface area contributed by atoms with Crippen LogP contribution in [0, 0.1) is 5.92 Å². The molecule has 2 fully saturated rings. The quantitative estimate of drug-likeness (QED) is 0.792. The molecule has 0 aromatic rings. The van der Waals surface area contributed by atoms with Crippen molar-refractivity contribution in [2.45, 2.75) is 64.3 Å². The molecule has 2 atom stereocenters. The highest BCUT2D eigenvalue weighted by Gasteiger charge is 2.22. The summed E-state index contributed by atoms with van der Waals surface area (Å²) in [5, 5.41) is 3.77. The van der Waals surface area contributed by atoms with Gasteiger partial charge >= 0.3 is 0 Å². The van der Waals surface area contributed by atoms with Crippen LogP contribution in [0.5, 0.6) is 0 Å². The molecule has 2 rings (SSSR count). The van der Waals surface area contributed by atoms with Crippen molar-refractivity contribution in [1.82, 2.24) is 10.2 Å². The SMILES string of the molecule is CCC1CCC(NCCN2CCCCCC2)C1. The van der Waals surface area contributed by atoms with E-state index in [1.165, 1.54) is 77.5 Å². The average molecular weight is 238 g/mol. The van der Waals surface area contributed by atoms with E-state index in [1.54, 1.807) is 0 Å². The number of likely N-dealkylation sites (tertiary alicyclic amines) is 1. The van der Waals surface area contributed by atoms with Gasteiger partial charge in [-0.15, -0.1) is 0 Å². The van der Waals surface area contributed by atoms with E-state index in [0.717, 1.165) is 12.0 Å². The lowest BCUT2D eigenvalue weighted by Gasteiger charge is -2.21. The van der Waals surface area contributed by atoms with Crippen LogP contribution in [0.3, 0.4) is 0 Å². The van der Waals surface area contributed by atoms with Crippen molar-refractivity contribution in [2.75, 3.05) is 26.2 Å². The molecule has 0 amide bonds. The average Bonchev–Trinajstić information content (AvgIpc) is 2.65. The van der Waals surface area contributed by atoms with Crippen LogP contribution < -0.4 is 5.32 Å². The summed E-state index contributed by atoms with van der Waals surface area (Å²) >= 11 is 0. The third-order valence-corrected chi connectivity index (χ3v) is 4.68. The summed E-state index contributed by atoms with van der Waals surface area (Å²) in [7, 11) is 0. The van der Waals surface area contributed by atoms with E-state index in [9.17, 15) is 0 Å². The molecule has 1 N–H and O–H groups in total. The monoisotopic (exact) mass is 238 g/mol. The molecule has 0 bridgehead atoms. The van der Waals surface area contributed by atoms with E-state index in [1.807, 2.05) is 0 Å². The molecule has 0 aromatic heterocycles. The smallest absolute Gasteiger partial charge is 0.0107 e. The van der Waals surface area contributed by atoms with E-state index >= 15 is 0 Å². The number of nitrogens with zero attached hydrogens (tertiary/aromatic N) is 1. The Hall–Kier alpha value is -0.0800. The maximum atomic E-state index is 3.77. The van der Waals surface area contributed by atoms with Gasteiger partial charge in [-0.25, -0.2) is 0 Å². The minimum atomic E-state index is 0.826. The normalized spacial score (nSPS) is 31.6. The van der Waals surface area contributed by atoms with Gasteiger partial charge in [-0.3, -0.25) is 0 Å². The molecule has 2 nitrogen and oxygen atoms in total. The Balaban J connectivity index is 1.56. The van der Waals surface area contributed by atoms with Crippen molar-refractivity contribution in [3.8, 4) is 0 Å². The standard InChI is InChI=1S/C15H30N2/c1-2-14-7-8-15(13-14)16-9-12-17-10-5-3-4-6-11-17/h14-16H,2-13H2,1H3. The molecular formula is C15H30N2. The maximum Gasteiger partial charge on any atom is 0.0107 e. The van der Waals surface area contributed by atoms with Crippen LogP contribution in [0.25, 0.3) is 0 Å². The zero-order chi connectivity index (χ0) is 11.9. The fourth-order valence-electron chi connectivity index (χ4n) is 3.42. The molecule has 1 saturated carbocycles. The second-order valence-corrected chi connectivity index (χ2v) is 5.99. The van der Waals surface area contributed by atoms with Gasteiger partial charge in [0.1, 0.15) is 0 Å². The molecule has 1 saturated heterocycles. The first-order chi connectivity index (χ1) is 8.38. The maximum absolute atomic E-state index is 3.77. The van der Waals surface area contributed by atoms with Crippen LogP contribution in [0.2, 0.25) is 0 Å². The molecule has 100 valence electrons. The molecule has 2 unspecified atom stereocenters. The van der Waals surface area contributed by atoms with Crippen LogP contribution in [-0.4, -0.2) is 37.1 Å². The van der Waals surface area contributed by atoms with Crippen LogP contribution in [-0.2, 0) is 0 Å². The second kappa shape index (κ2) is 7.38. The Morgan fingerprint density at radius 1 is 1.06 bits per heavy atom. The topological polar surface area (TPSA) is 15.3 Å². The fourth-order valence-corrected chi connectivity index (χ4v) is 3.42. The molecule has 1 aliphatic heterocycles. The lowest BCUT2D eigenvalue weighted by atomic mass is 10.1. The first kappa shape index (κ1) is 13.4. The number of nitrogens with one attached hydrogen (secondary N) is 1. The van der Waals surface area contributed by atoms with E-state index in [2.05, 4.69) is 17.1 Å². The summed E-state index contributed by atoms with van der Waals surface area (Å²) in [6.07, 6.45) is 11.4. The summed E-state index contributed by atoms with van der Waals surface area (Å²) in [6, 6.07) is 0.826. The Morgan fingerprint density at radius 2 is 1.82 bits per heavy atom. The molecular weight excluding hydrogens is 208 g/mol. The Bertz CT molecular complexity index is 197. The van der Waals surface area contributed by atoms with Gasteiger partial charge in [0.25, 0.3) is 0 Å². The van der Waals surface area contributed by atoms with Gasteiger partial charge in [0.15, 0.2) is 0 Å². The molecule has 17 heavy (non-hydrogen) atoms. The Kier molecular flexibility index (Phi) is 5.79. The number of hydrogen-bond donors (Lipinski definition) is 1. The molecule has 1 heterocycles. The third-order valence-electron chi connectivity index (χ3n) is 4.68. The van der Waals surface area contributed by atoms with Crippen molar-refractivity contribution >= 4 is 0 Å². The molecule has 2 aliphatic rings. The van der Waals surface area contributed by atoms with Crippen molar-refractivity contribution in [3.05, 3.63) is 0 Å². The van der Waals surface area contributed by atoms with Crippen LogP contribution in [0.1, 0.15) is 58.3 Å². The van der Waals surface area contributed by atoms with E-state index in [0.29, 0.717) is 0 Å². The van der Waals surface area contributed by atoms with E-state index in [-0.39, 0.29) is 0 Å². The highest BCUT2D eigenvalue weighted by Crippen LogP contribution is 2.27. The number of hydrogen-bond acceptors (Lipinski definition) is 2. The minimum absolute atomic E-state index is 0.826. The first-order valence-electron chi connectivity index (χ1n) is 7.84. The van der Waals surface area contributed by atoms with Crippen molar-refractivity contribution < 1.29 is 0 Å². The van der Waals surface area contributed by atoms with Gasteiger partial charge in [0.05, 0.1) is 0 Å². The van der Waals surface area contributed by atoms with Gasteiger partial charge in [-0.2, -0.15) is 0 Å². The van der Waals surface area contributed by atoms with Gasteiger partial charge in [-0.05, 0) is 51.1 Å². The molecule has 0 aromatic carbocycles. The fraction of sp³-hybridized carbons (Fsp3) is 1.00. The Labute approximate surface area is 107 Å². The highest BCUT2D eigenvalue weighted by molar-refractivity contribution is 4.80. The summed E-state index contributed by atoms with van der Waals surface area (Å²) in [4.78, 5) is 2.66. The minimum Gasteiger partial charge on any atom is -0.313 e. The zero-order valence-electron chi connectivity index (χ0n) is 11.6. The van der Waals surface area contributed by atoms with Crippen molar-refractivity contribution in [2.24, 2.45) is 5.92 Å². The first-order valence-corrected chi connectivity index (χ1v) is 7.84. The van der Waals surface area contributed by atoms with E-state index < -0.39 is 0 Å². The van der Waals surface area contributed by atoms with Crippen LogP contribution in [0.15, 0.2) is 0 Å². The summed E-state index contributed by atoms with van der Waals surface area (Å²) in [5.74, 6) is 1.01. The van der Waals surface area contributed by atoms with Gasteiger partial charge in [0.2, 0.25) is 0 Å². The lowest BCUT2D eigenvalue weighted by molar-refractivity contribution is 0.278. The lowest BCUT2D eigenvalue weighted by Crippen LogP contribution is -2.36. The zero-order valence-corrected chi connectivity index (χ0v) is 11.6. The van der Waals surface area contributed by atoms with Gasteiger partial charge in [0, 0.05) is 19.1 Å². The van der Waals surface area contributed by atoms with Gasteiger partial charge in [-0.1, -0.05) is 26.2 Å². The molecule has 1 aliphatic carbocycles. The van der Waals surface area contributed by atoms with Crippen molar-refractivity contribution in [3.63, 3.8) is 0 Å².